The molecule has 0 bridgehead atoms. The van der Waals surface area contributed by atoms with Gasteiger partial charge in [-0.2, -0.15) is 4.98 Å². The van der Waals surface area contributed by atoms with Crippen LogP contribution in [0.5, 0.6) is 5.88 Å². The van der Waals surface area contributed by atoms with Crippen molar-refractivity contribution in [3.8, 4) is 5.88 Å². The molecule has 0 radical (unpaired) electrons. The molecule has 1 atom stereocenters. The van der Waals surface area contributed by atoms with Gasteiger partial charge in [0.05, 0.1) is 19.9 Å². The third kappa shape index (κ3) is 3.42. The third-order valence-corrected chi connectivity index (χ3v) is 2.96. The fourth-order valence-electron chi connectivity index (χ4n) is 1.86. The zero-order valence-corrected chi connectivity index (χ0v) is 11.9. The first-order chi connectivity index (χ1) is 10.2. The Bertz CT molecular complexity index is 617. The van der Waals surface area contributed by atoms with Crippen LogP contribution < -0.4 is 15.8 Å². The number of nitrogens with zero attached hydrogens (tertiary/aromatic N) is 1. The lowest BCUT2D eigenvalue weighted by atomic mass is 10.1. The summed E-state index contributed by atoms with van der Waals surface area (Å²) in [4.78, 5) is 16.2. The molecule has 110 valence electrons. The van der Waals surface area contributed by atoms with Crippen LogP contribution in [0.1, 0.15) is 11.6 Å². The van der Waals surface area contributed by atoms with Gasteiger partial charge >= 0.3 is 5.97 Å². The molecule has 0 amide bonds. The summed E-state index contributed by atoms with van der Waals surface area (Å²) >= 11 is 0. The summed E-state index contributed by atoms with van der Waals surface area (Å²) in [5.74, 6) is 0.349. The molecular formula is C15H17N3O3. The Balaban J connectivity index is 2.34. The molecule has 6 nitrogen and oxygen atoms in total. The molecule has 0 aliphatic carbocycles. The minimum atomic E-state index is -0.696. The number of nitrogens with two attached hydrogens (primary N) is 1. The number of anilines is 2. The van der Waals surface area contributed by atoms with Crippen molar-refractivity contribution in [2.24, 2.45) is 0 Å². The first-order valence-electron chi connectivity index (χ1n) is 6.35. The van der Waals surface area contributed by atoms with E-state index < -0.39 is 12.0 Å². The highest BCUT2D eigenvalue weighted by atomic mass is 16.5. The van der Waals surface area contributed by atoms with Crippen LogP contribution in [0.3, 0.4) is 0 Å². The van der Waals surface area contributed by atoms with Gasteiger partial charge in [0.2, 0.25) is 5.88 Å². The van der Waals surface area contributed by atoms with Crippen LogP contribution in [0, 0.1) is 0 Å². The van der Waals surface area contributed by atoms with Gasteiger partial charge in [-0.05, 0) is 11.6 Å². The Hall–Kier alpha value is -2.76. The number of rotatable bonds is 5. The molecule has 0 saturated heterocycles. The van der Waals surface area contributed by atoms with Crippen LogP contribution >= 0.6 is 0 Å². The number of carbonyl (C=O) groups is 1. The molecule has 2 aromatic rings. The average Bonchev–Trinajstić information content (AvgIpc) is 2.54. The van der Waals surface area contributed by atoms with Crippen molar-refractivity contribution in [1.29, 1.82) is 0 Å². The van der Waals surface area contributed by atoms with E-state index >= 15 is 0 Å². The van der Waals surface area contributed by atoms with E-state index in [2.05, 4.69) is 10.3 Å². The monoisotopic (exact) mass is 287 g/mol. The molecule has 0 saturated carbocycles. The lowest BCUT2D eigenvalue weighted by Crippen LogP contribution is -2.23. The van der Waals surface area contributed by atoms with Crippen molar-refractivity contribution in [2.75, 3.05) is 25.3 Å². The number of aromatic nitrogens is 1. The molecule has 1 aromatic carbocycles. The molecule has 6 heteroatoms. The number of ether oxygens (including phenoxy) is 2. The number of hydrogen-bond donors (Lipinski definition) is 2. The molecule has 0 spiro atoms. The van der Waals surface area contributed by atoms with E-state index in [9.17, 15) is 4.79 Å². The molecule has 1 aromatic heterocycles. The predicted octanol–water partition coefficient (Wildman–Crippen LogP) is 2.00. The number of pyridine rings is 1. The Morgan fingerprint density at radius 1 is 1.19 bits per heavy atom. The van der Waals surface area contributed by atoms with E-state index in [0.29, 0.717) is 17.4 Å². The lowest BCUT2D eigenvalue weighted by Gasteiger charge is -2.18. The highest BCUT2D eigenvalue weighted by Crippen LogP contribution is 2.25. The highest BCUT2D eigenvalue weighted by Gasteiger charge is 2.22. The van der Waals surface area contributed by atoms with Crippen LogP contribution in [-0.2, 0) is 9.53 Å². The van der Waals surface area contributed by atoms with Crippen LogP contribution in [-0.4, -0.2) is 25.2 Å². The first kappa shape index (κ1) is 14.6. The van der Waals surface area contributed by atoms with Crippen LogP contribution in [0.4, 0.5) is 11.5 Å². The SMILES string of the molecule is COC(=O)C(Nc1nc(OC)ccc1N)c1ccccc1. The summed E-state index contributed by atoms with van der Waals surface area (Å²) in [6.45, 7) is 0. The summed E-state index contributed by atoms with van der Waals surface area (Å²) < 4.78 is 9.90. The van der Waals surface area contributed by atoms with E-state index in [1.54, 1.807) is 12.1 Å². The number of methoxy groups -OCH3 is 2. The van der Waals surface area contributed by atoms with Crippen molar-refractivity contribution in [3.63, 3.8) is 0 Å². The van der Waals surface area contributed by atoms with Crippen molar-refractivity contribution in [3.05, 3.63) is 48.0 Å². The fraction of sp³-hybridized carbons (Fsp3) is 0.200. The first-order valence-corrected chi connectivity index (χ1v) is 6.35. The molecule has 0 fully saturated rings. The van der Waals surface area contributed by atoms with E-state index in [1.807, 2.05) is 30.3 Å². The maximum absolute atomic E-state index is 12.0. The van der Waals surface area contributed by atoms with E-state index in [4.69, 9.17) is 15.2 Å². The summed E-state index contributed by atoms with van der Waals surface area (Å²) in [6, 6.07) is 11.8. The smallest absolute Gasteiger partial charge is 0.333 e. The lowest BCUT2D eigenvalue weighted by molar-refractivity contribution is -0.141. The topological polar surface area (TPSA) is 86.5 Å². The maximum Gasteiger partial charge on any atom is 0.333 e. The van der Waals surface area contributed by atoms with E-state index in [-0.39, 0.29) is 0 Å². The zero-order valence-electron chi connectivity index (χ0n) is 11.9. The molecule has 2 rings (SSSR count). The Morgan fingerprint density at radius 3 is 2.52 bits per heavy atom. The van der Waals surface area contributed by atoms with Crippen LogP contribution in [0.25, 0.3) is 0 Å². The summed E-state index contributed by atoms with van der Waals surface area (Å²) in [6.07, 6.45) is 0. The van der Waals surface area contributed by atoms with Crippen molar-refractivity contribution in [1.82, 2.24) is 4.98 Å². The van der Waals surface area contributed by atoms with Gasteiger partial charge < -0.3 is 20.5 Å². The van der Waals surface area contributed by atoms with Gasteiger partial charge in [0, 0.05) is 6.07 Å². The van der Waals surface area contributed by atoms with Gasteiger partial charge in [0.25, 0.3) is 0 Å². The molecule has 1 heterocycles. The standard InChI is InChI=1S/C15H17N3O3/c1-20-12-9-8-11(16)14(17-12)18-13(15(19)21-2)10-6-4-3-5-7-10/h3-9,13H,16H2,1-2H3,(H,17,18). The van der Waals surface area contributed by atoms with Crippen molar-refractivity contribution < 1.29 is 14.3 Å². The predicted molar refractivity (Wildman–Crippen MR) is 80.0 cm³/mol. The number of carbonyl (C=O) groups excluding carboxylic acids is 1. The number of esters is 1. The third-order valence-electron chi connectivity index (χ3n) is 2.96. The quantitative estimate of drug-likeness (QED) is 0.818. The zero-order chi connectivity index (χ0) is 15.2. The fourth-order valence-corrected chi connectivity index (χ4v) is 1.86. The van der Waals surface area contributed by atoms with Gasteiger partial charge in [0.15, 0.2) is 11.9 Å². The normalized spacial score (nSPS) is 11.5. The maximum atomic E-state index is 12.0. The summed E-state index contributed by atoms with van der Waals surface area (Å²) in [7, 11) is 2.85. The largest absolute Gasteiger partial charge is 0.481 e. The molecule has 1 unspecified atom stereocenters. The molecule has 0 aliphatic rings. The second kappa shape index (κ2) is 6.60. The van der Waals surface area contributed by atoms with Crippen LogP contribution in [0.2, 0.25) is 0 Å². The van der Waals surface area contributed by atoms with Gasteiger partial charge in [-0.1, -0.05) is 30.3 Å². The molecule has 21 heavy (non-hydrogen) atoms. The highest BCUT2D eigenvalue weighted by molar-refractivity contribution is 5.82. The second-order valence-electron chi connectivity index (χ2n) is 4.30. The minimum Gasteiger partial charge on any atom is -0.481 e. The van der Waals surface area contributed by atoms with Gasteiger partial charge in [-0.25, -0.2) is 4.79 Å². The minimum absolute atomic E-state index is 0.369. The van der Waals surface area contributed by atoms with Crippen LogP contribution in [0.15, 0.2) is 42.5 Å². The van der Waals surface area contributed by atoms with Gasteiger partial charge in [-0.3, -0.25) is 0 Å². The van der Waals surface area contributed by atoms with E-state index in [1.165, 1.54) is 14.2 Å². The number of hydrogen-bond acceptors (Lipinski definition) is 6. The summed E-state index contributed by atoms with van der Waals surface area (Å²) in [5.41, 5.74) is 7.05. The number of benzene rings is 1. The number of nitrogens with one attached hydrogen (secondary N) is 1. The van der Waals surface area contributed by atoms with Crippen molar-refractivity contribution in [2.45, 2.75) is 6.04 Å². The Labute approximate surface area is 122 Å². The molecule has 3 N–H and O–H groups in total. The Kier molecular flexibility index (Phi) is 4.61. The van der Waals surface area contributed by atoms with E-state index in [0.717, 1.165) is 5.56 Å². The average molecular weight is 287 g/mol. The van der Waals surface area contributed by atoms with Gasteiger partial charge in [-0.15, -0.1) is 0 Å². The Morgan fingerprint density at radius 2 is 1.90 bits per heavy atom. The van der Waals surface area contributed by atoms with Gasteiger partial charge in [0.1, 0.15) is 0 Å². The summed E-state index contributed by atoms with van der Waals surface area (Å²) in [5, 5.41) is 3.00. The molecular weight excluding hydrogens is 270 g/mol. The second-order valence-corrected chi connectivity index (χ2v) is 4.30. The number of nitrogen functional groups attached to an aromatic ring is 1. The van der Waals surface area contributed by atoms with Crippen molar-refractivity contribution >= 4 is 17.5 Å². The molecule has 0 aliphatic heterocycles.